The molecule has 4 rings (SSSR count). The molecule has 0 aliphatic heterocycles. The molecule has 2 N–H and O–H groups in total. The fraction of sp³-hybridized carbons (Fsp3) is 0.0357. The van der Waals surface area contributed by atoms with Crippen molar-refractivity contribution in [3.63, 3.8) is 0 Å². The van der Waals surface area contributed by atoms with Crippen LogP contribution in [0.15, 0.2) is 103 Å². The summed E-state index contributed by atoms with van der Waals surface area (Å²) in [5.74, 6) is -0.127. The van der Waals surface area contributed by atoms with Crippen LogP contribution in [0.25, 0.3) is 0 Å². The van der Waals surface area contributed by atoms with E-state index in [0.29, 0.717) is 39.4 Å². The first kappa shape index (κ1) is 22.5. The van der Waals surface area contributed by atoms with E-state index in [1.807, 2.05) is 6.07 Å². The lowest BCUT2D eigenvalue weighted by Gasteiger charge is -2.13. The number of carbonyl (C=O) groups is 3. The first-order valence-electron chi connectivity index (χ1n) is 10.6. The van der Waals surface area contributed by atoms with Crippen molar-refractivity contribution in [3.8, 4) is 5.75 Å². The number of ether oxygens (including phenoxy) is 1. The largest absolute Gasteiger partial charge is 0.497 e. The van der Waals surface area contributed by atoms with Gasteiger partial charge in [0.25, 0.3) is 11.8 Å². The summed E-state index contributed by atoms with van der Waals surface area (Å²) < 4.78 is 5.12. The van der Waals surface area contributed by atoms with Gasteiger partial charge in [-0.1, -0.05) is 54.6 Å². The molecular weight excluding hydrogens is 428 g/mol. The second-order valence-corrected chi connectivity index (χ2v) is 7.45. The van der Waals surface area contributed by atoms with E-state index in [9.17, 15) is 14.4 Å². The van der Waals surface area contributed by atoms with Crippen LogP contribution >= 0.6 is 0 Å². The van der Waals surface area contributed by atoms with E-state index < -0.39 is 0 Å². The molecule has 168 valence electrons. The highest BCUT2D eigenvalue weighted by Crippen LogP contribution is 2.23. The average molecular weight is 450 g/mol. The Morgan fingerprint density at radius 3 is 1.44 bits per heavy atom. The number of ketones is 1. The van der Waals surface area contributed by atoms with Crippen molar-refractivity contribution in [2.75, 3.05) is 17.7 Å². The monoisotopic (exact) mass is 450 g/mol. The number of hydrogen-bond donors (Lipinski definition) is 2. The summed E-state index contributed by atoms with van der Waals surface area (Å²) in [5.41, 5.74) is 2.85. The molecule has 0 saturated heterocycles. The molecule has 0 heterocycles. The summed E-state index contributed by atoms with van der Waals surface area (Å²) in [6, 6.07) is 29.1. The van der Waals surface area contributed by atoms with E-state index in [1.165, 1.54) is 0 Å². The minimum absolute atomic E-state index is 0.112. The molecule has 0 aliphatic rings. The van der Waals surface area contributed by atoms with E-state index in [4.69, 9.17) is 4.74 Å². The SMILES string of the molecule is COc1ccc(C(=O)Nc2ccccc2NC(=O)c2ccc(C(=O)c3ccccc3)cc2)cc1. The molecule has 0 unspecified atom stereocenters. The standard InChI is InChI=1S/C28H22N2O4/c1-34-23-17-15-22(16-18-23)28(33)30-25-10-6-5-9-24(25)29-27(32)21-13-11-20(12-14-21)26(31)19-7-3-2-4-8-19/h2-18H,1H3,(H,29,32)(H,30,33). The number of methoxy groups -OCH3 is 1. The van der Waals surface area contributed by atoms with Crippen molar-refractivity contribution in [2.24, 2.45) is 0 Å². The number of carbonyl (C=O) groups excluding carboxylic acids is 3. The molecule has 0 spiro atoms. The van der Waals surface area contributed by atoms with Gasteiger partial charge in [-0.15, -0.1) is 0 Å². The lowest BCUT2D eigenvalue weighted by atomic mass is 10.0. The highest BCUT2D eigenvalue weighted by molar-refractivity contribution is 6.11. The number of para-hydroxylation sites is 2. The van der Waals surface area contributed by atoms with Crippen LogP contribution in [0.2, 0.25) is 0 Å². The van der Waals surface area contributed by atoms with Gasteiger partial charge in [-0.2, -0.15) is 0 Å². The van der Waals surface area contributed by atoms with Gasteiger partial charge < -0.3 is 15.4 Å². The molecule has 34 heavy (non-hydrogen) atoms. The molecule has 0 aromatic heterocycles. The number of anilines is 2. The van der Waals surface area contributed by atoms with Crippen LogP contribution in [0.4, 0.5) is 11.4 Å². The molecule has 0 radical (unpaired) electrons. The van der Waals surface area contributed by atoms with Crippen molar-refractivity contribution in [3.05, 3.63) is 125 Å². The highest BCUT2D eigenvalue weighted by atomic mass is 16.5. The van der Waals surface area contributed by atoms with Crippen LogP contribution in [-0.4, -0.2) is 24.7 Å². The Morgan fingerprint density at radius 1 is 0.529 bits per heavy atom. The Kier molecular flexibility index (Phi) is 6.79. The van der Waals surface area contributed by atoms with Gasteiger partial charge in [-0.05, 0) is 48.5 Å². The van der Waals surface area contributed by atoms with Gasteiger partial charge in [0.1, 0.15) is 5.75 Å². The lowest BCUT2D eigenvalue weighted by molar-refractivity contribution is 0.101. The molecule has 6 nitrogen and oxygen atoms in total. The molecule has 0 saturated carbocycles. The third-order valence-electron chi connectivity index (χ3n) is 5.22. The number of amides is 2. The smallest absolute Gasteiger partial charge is 0.255 e. The summed E-state index contributed by atoms with van der Waals surface area (Å²) in [7, 11) is 1.56. The third kappa shape index (κ3) is 5.19. The number of nitrogens with one attached hydrogen (secondary N) is 2. The Balaban J connectivity index is 1.46. The van der Waals surface area contributed by atoms with Gasteiger partial charge in [0.05, 0.1) is 18.5 Å². The molecule has 2 amide bonds. The summed E-state index contributed by atoms with van der Waals surface area (Å²) in [6.45, 7) is 0. The molecule has 0 bridgehead atoms. The Hall–Kier alpha value is -4.71. The van der Waals surface area contributed by atoms with Crippen molar-refractivity contribution in [1.82, 2.24) is 0 Å². The van der Waals surface area contributed by atoms with Crippen LogP contribution < -0.4 is 15.4 Å². The van der Waals surface area contributed by atoms with Gasteiger partial charge in [-0.3, -0.25) is 14.4 Å². The van der Waals surface area contributed by atoms with Crippen molar-refractivity contribution in [2.45, 2.75) is 0 Å². The van der Waals surface area contributed by atoms with E-state index in [2.05, 4.69) is 10.6 Å². The maximum atomic E-state index is 12.8. The van der Waals surface area contributed by atoms with Gasteiger partial charge in [0.2, 0.25) is 0 Å². The summed E-state index contributed by atoms with van der Waals surface area (Å²) >= 11 is 0. The fourth-order valence-electron chi connectivity index (χ4n) is 3.36. The molecule has 4 aromatic carbocycles. The van der Waals surface area contributed by atoms with E-state index in [0.717, 1.165) is 0 Å². The van der Waals surface area contributed by atoms with E-state index >= 15 is 0 Å². The van der Waals surface area contributed by atoms with E-state index in [-0.39, 0.29) is 17.6 Å². The lowest BCUT2D eigenvalue weighted by Crippen LogP contribution is -2.17. The van der Waals surface area contributed by atoms with Crippen molar-refractivity contribution in [1.29, 1.82) is 0 Å². The maximum absolute atomic E-state index is 12.8. The van der Waals surface area contributed by atoms with Crippen LogP contribution in [0.3, 0.4) is 0 Å². The second kappa shape index (κ2) is 10.3. The normalized spacial score (nSPS) is 10.3. The van der Waals surface area contributed by atoms with Crippen molar-refractivity contribution < 1.29 is 19.1 Å². The summed E-state index contributed by atoms with van der Waals surface area (Å²) in [4.78, 5) is 38.0. The minimum Gasteiger partial charge on any atom is -0.497 e. The van der Waals surface area contributed by atoms with Crippen LogP contribution in [0.1, 0.15) is 36.6 Å². The van der Waals surface area contributed by atoms with Crippen LogP contribution in [0, 0.1) is 0 Å². The van der Waals surface area contributed by atoms with Gasteiger partial charge in [0.15, 0.2) is 5.78 Å². The molecule has 4 aromatic rings. The molecule has 0 fully saturated rings. The zero-order valence-corrected chi connectivity index (χ0v) is 18.4. The fourth-order valence-corrected chi connectivity index (χ4v) is 3.36. The molecule has 6 heteroatoms. The van der Waals surface area contributed by atoms with E-state index in [1.54, 1.807) is 104 Å². The average Bonchev–Trinajstić information content (AvgIpc) is 2.90. The maximum Gasteiger partial charge on any atom is 0.255 e. The van der Waals surface area contributed by atoms with Crippen LogP contribution in [-0.2, 0) is 0 Å². The predicted molar refractivity (Wildman–Crippen MR) is 132 cm³/mol. The Labute approximate surface area is 197 Å². The zero-order chi connectivity index (χ0) is 23.9. The predicted octanol–water partition coefficient (Wildman–Crippen LogP) is 5.43. The van der Waals surface area contributed by atoms with Crippen molar-refractivity contribution >= 4 is 29.0 Å². The zero-order valence-electron chi connectivity index (χ0n) is 18.4. The minimum atomic E-state index is -0.357. The van der Waals surface area contributed by atoms with Gasteiger partial charge in [-0.25, -0.2) is 0 Å². The summed E-state index contributed by atoms with van der Waals surface area (Å²) in [6.07, 6.45) is 0. The molecule has 0 atom stereocenters. The number of benzene rings is 4. The second-order valence-electron chi connectivity index (χ2n) is 7.45. The first-order chi connectivity index (χ1) is 16.5. The highest BCUT2D eigenvalue weighted by Gasteiger charge is 2.14. The van der Waals surface area contributed by atoms with Gasteiger partial charge >= 0.3 is 0 Å². The first-order valence-corrected chi connectivity index (χ1v) is 10.6. The third-order valence-corrected chi connectivity index (χ3v) is 5.22. The molecule has 0 aliphatic carbocycles. The number of rotatable bonds is 7. The Morgan fingerprint density at radius 2 is 0.941 bits per heavy atom. The topological polar surface area (TPSA) is 84.5 Å². The van der Waals surface area contributed by atoms with Crippen LogP contribution in [0.5, 0.6) is 5.75 Å². The summed E-state index contributed by atoms with van der Waals surface area (Å²) in [5, 5.41) is 5.65. The Bertz CT molecular complexity index is 1310. The molecular formula is C28H22N2O4. The quantitative estimate of drug-likeness (QED) is 0.368. The van der Waals surface area contributed by atoms with Gasteiger partial charge in [0, 0.05) is 22.3 Å². The number of hydrogen-bond acceptors (Lipinski definition) is 4.